The number of aromatic hydroxyl groups is 2. The van der Waals surface area contributed by atoms with Crippen molar-refractivity contribution in [1.29, 1.82) is 0 Å². The van der Waals surface area contributed by atoms with E-state index in [1.54, 1.807) is 0 Å². The monoisotopic (exact) mass is 689 g/mol. The molecular formula is C25H23N9O9S3. The Bertz CT molecular complexity index is 1800. The van der Waals surface area contributed by atoms with E-state index < -0.39 is 58.5 Å². The third-order valence-electron chi connectivity index (χ3n) is 6.41. The van der Waals surface area contributed by atoms with E-state index in [9.17, 15) is 39.6 Å². The van der Waals surface area contributed by atoms with Crippen molar-refractivity contribution in [1.82, 2.24) is 25.2 Å². The summed E-state index contributed by atoms with van der Waals surface area (Å²) in [4.78, 5) is 69.2. The van der Waals surface area contributed by atoms with E-state index in [1.807, 2.05) is 0 Å². The molecule has 4 heterocycles. The number of carbonyl (C=O) groups is 4. The molecule has 2 aliphatic heterocycles. The predicted molar refractivity (Wildman–Crippen MR) is 166 cm³/mol. The number of phenols is 2. The lowest BCUT2D eigenvalue weighted by molar-refractivity contribution is -0.151. The van der Waals surface area contributed by atoms with E-state index in [0.717, 1.165) is 40.1 Å². The molecule has 0 unspecified atom stereocenters. The van der Waals surface area contributed by atoms with E-state index in [2.05, 4.69) is 25.4 Å². The van der Waals surface area contributed by atoms with Crippen molar-refractivity contribution in [3.63, 3.8) is 0 Å². The van der Waals surface area contributed by atoms with Crippen LogP contribution in [0.15, 0.2) is 51.2 Å². The van der Waals surface area contributed by atoms with E-state index in [1.165, 1.54) is 29.3 Å². The van der Waals surface area contributed by atoms with Gasteiger partial charge in [0.05, 0.1) is 0 Å². The molecule has 240 valence electrons. The highest BCUT2D eigenvalue weighted by Gasteiger charge is 2.54. The third kappa shape index (κ3) is 6.55. The quantitative estimate of drug-likeness (QED) is 0.0332. The van der Waals surface area contributed by atoms with Crippen LogP contribution in [0, 0.1) is 0 Å². The molecule has 3 aromatic rings. The number of hydrogen-bond acceptors (Lipinski definition) is 17. The number of rotatable bonds is 11. The molecule has 21 heteroatoms. The molecule has 46 heavy (non-hydrogen) atoms. The predicted octanol–water partition coefficient (Wildman–Crippen LogP) is 0.168. The summed E-state index contributed by atoms with van der Waals surface area (Å²) in [6.45, 7) is 0. The SMILES string of the molecule is Nc1cc(N)nc(SCC2=C(C(=O)O)N3C(=O)[C@@H](NC(=O)/C(=N/O[C@@H](C(=O)O)c4ccc(O)c(O)c4)c4csc(N)n4)[C@H]3SC2)n1. The number of oxime groups is 1. The maximum atomic E-state index is 13.4. The number of amides is 2. The molecule has 0 bridgehead atoms. The van der Waals surface area contributed by atoms with E-state index in [4.69, 9.17) is 22.0 Å². The number of β-lactam (4-membered cyclic amide) rings is 1. The van der Waals surface area contributed by atoms with Crippen LogP contribution in [0.25, 0.3) is 0 Å². The molecular weight excluding hydrogens is 667 g/mol. The summed E-state index contributed by atoms with van der Waals surface area (Å²) in [5, 5.41) is 46.1. The number of carboxylic acids is 2. The van der Waals surface area contributed by atoms with Gasteiger partial charge in [-0.3, -0.25) is 14.5 Å². The highest BCUT2D eigenvalue weighted by Crippen LogP contribution is 2.41. The summed E-state index contributed by atoms with van der Waals surface area (Å²) >= 11 is 3.26. The van der Waals surface area contributed by atoms with E-state index in [-0.39, 0.29) is 50.4 Å². The molecule has 0 saturated carbocycles. The number of aromatic nitrogens is 3. The molecule has 3 atom stereocenters. The molecule has 1 aromatic carbocycles. The van der Waals surface area contributed by atoms with Crippen molar-refractivity contribution in [2.24, 2.45) is 5.16 Å². The van der Waals surface area contributed by atoms with Gasteiger partial charge in [0.2, 0.25) is 6.10 Å². The van der Waals surface area contributed by atoms with Gasteiger partial charge in [-0.15, -0.1) is 23.1 Å². The van der Waals surface area contributed by atoms with Crippen LogP contribution in [0.3, 0.4) is 0 Å². The molecule has 2 aromatic heterocycles. The lowest BCUT2D eigenvalue weighted by Crippen LogP contribution is -2.71. The fraction of sp³-hybridized carbons (Fsp3) is 0.200. The number of aliphatic carboxylic acids is 2. The van der Waals surface area contributed by atoms with Gasteiger partial charge in [0.15, 0.2) is 27.5 Å². The van der Waals surface area contributed by atoms with Gasteiger partial charge in [0, 0.05) is 28.5 Å². The molecule has 0 spiro atoms. The zero-order valence-corrected chi connectivity index (χ0v) is 25.5. The molecule has 0 aliphatic carbocycles. The van der Waals surface area contributed by atoms with Crippen LogP contribution in [0.1, 0.15) is 17.4 Å². The minimum absolute atomic E-state index is 0.0513. The summed E-state index contributed by atoms with van der Waals surface area (Å²) in [7, 11) is 0. The van der Waals surface area contributed by atoms with Crippen molar-refractivity contribution >= 4 is 81.1 Å². The molecule has 0 radical (unpaired) electrons. The number of hydrogen-bond donors (Lipinski definition) is 8. The summed E-state index contributed by atoms with van der Waals surface area (Å²) in [5.74, 6) is -5.10. The maximum absolute atomic E-state index is 13.4. The van der Waals surface area contributed by atoms with Crippen molar-refractivity contribution in [2.45, 2.75) is 22.7 Å². The Morgan fingerprint density at radius 3 is 2.43 bits per heavy atom. The van der Waals surface area contributed by atoms with Crippen LogP contribution in [0.4, 0.5) is 16.8 Å². The Morgan fingerprint density at radius 1 is 1.11 bits per heavy atom. The minimum Gasteiger partial charge on any atom is -0.504 e. The molecule has 2 aliphatic rings. The second-order valence-corrected chi connectivity index (χ2v) is 12.4. The normalized spacial score (nSPS) is 18.4. The first kappa shape index (κ1) is 32.1. The van der Waals surface area contributed by atoms with Crippen LogP contribution in [0.2, 0.25) is 0 Å². The average Bonchev–Trinajstić information content (AvgIpc) is 3.42. The molecule has 1 fully saturated rings. The number of thioether (sulfide) groups is 2. The lowest BCUT2D eigenvalue weighted by atomic mass is 10.0. The van der Waals surface area contributed by atoms with Crippen LogP contribution < -0.4 is 22.5 Å². The van der Waals surface area contributed by atoms with E-state index in [0.29, 0.717) is 5.57 Å². The summed E-state index contributed by atoms with van der Waals surface area (Å²) in [5.41, 5.74) is 16.6. The highest BCUT2D eigenvalue weighted by atomic mass is 32.2. The Hall–Kier alpha value is -5.28. The zero-order chi connectivity index (χ0) is 33.3. The van der Waals surface area contributed by atoms with Crippen molar-refractivity contribution in [3.05, 3.63) is 52.2 Å². The van der Waals surface area contributed by atoms with Gasteiger partial charge >= 0.3 is 11.9 Å². The maximum Gasteiger partial charge on any atom is 0.352 e. The molecule has 5 rings (SSSR count). The Kier molecular flexibility index (Phi) is 9.07. The number of nitrogens with two attached hydrogens (primary N) is 3. The largest absolute Gasteiger partial charge is 0.504 e. The van der Waals surface area contributed by atoms with Crippen LogP contribution in [-0.2, 0) is 24.0 Å². The Morgan fingerprint density at radius 2 is 1.83 bits per heavy atom. The summed E-state index contributed by atoms with van der Waals surface area (Å²) < 4.78 is 0. The number of anilines is 3. The average molecular weight is 690 g/mol. The molecule has 1 saturated heterocycles. The lowest BCUT2D eigenvalue weighted by Gasteiger charge is -2.49. The van der Waals surface area contributed by atoms with Crippen LogP contribution >= 0.6 is 34.9 Å². The van der Waals surface area contributed by atoms with E-state index >= 15 is 0 Å². The number of carbonyl (C=O) groups excluding carboxylic acids is 2. The molecule has 2 amide bonds. The smallest absolute Gasteiger partial charge is 0.352 e. The Balaban J connectivity index is 1.35. The first-order valence-electron chi connectivity index (χ1n) is 12.8. The number of nitrogen functional groups attached to an aromatic ring is 3. The number of carboxylic acid groups (broad SMARTS) is 2. The summed E-state index contributed by atoms with van der Waals surface area (Å²) in [6, 6.07) is 3.36. The van der Waals surface area contributed by atoms with Crippen molar-refractivity contribution in [2.75, 3.05) is 28.7 Å². The molecule has 18 nitrogen and oxygen atoms in total. The van der Waals surface area contributed by atoms with Gasteiger partial charge in [0.1, 0.15) is 34.4 Å². The fourth-order valence-corrected chi connectivity index (χ4v) is 7.25. The Labute approximate surface area is 270 Å². The standard InChI is InChI=1S/C25H23N9O9S3/c26-13-4-14(27)31-25(30-13)46-6-9-5-44-21-16(20(38)34(21)17(9)22(39)40)32-19(37)15(10-7-45-24(28)29-10)33-43-18(23(41)42)8-1-2-11(35)12(36)3-8/h1-4,7,16,18,21,35-36H,5-6H2,(H2,28,29)(H,32,37)(H,39,40)(H,41,42)(H4,26,27,30,31)/b33-15+/t16-,18-,21-/m1/s1. The highest BCUT2D eigenvalue weighted by molar-refractivity contribution is 8.01. The summed E-state index contributed by atoms with van der Waals surface area (Å²) in [6.07, 6.45) is -1.83. The third-order valence-corrected chi connectivity index (χ3v) is 9.36. The van der Waals surface area contributed by atoms with Gasteiger partial charge in [-0.25, -0.2) is 24.5 Å². The second kappa shape index (κ2) is 13.0. The van der Waals surface area contributed by atoms with Gasteiger partial charge in [-0.1, -0.05) is 23.0 Å². The van der Waals surface area contributed by atoms with Gasteiger partial charge in [-0.2, -0.15) is 0 Å². The van der Waals surface area contributed by atoms with Crippen molar-refractivity contribution < 1.29 is 44.4 Å². The number of phenolic OH excluding ortho intramolecular Hbond substituents is 2. The van der Waals surface area contributed by atoms with Crippen LogP contribution in [0.5, 0.6) is 11.5 Å². The fourth-order valence-electron chi connectivity index (χ4n) is 4.34. The minimum atomic E-state index is -1.83. The van der Waals surface area contributed by atoms with Gasteiger partial charge < -0.3 is 47.8 Å². The van der Waals surface area contributed by atoms with Gasteiger partial charge in [-0.05, 0) is 17.7 Å². The number of fused-ring (bicyclic) bond motifs is 1. The first-order chi connectivity index (χ1) is 21.8. The molecule has 11 N–H and O–H groups in total. The van der Waals surface area contributed by atoms with Crippen LogP contribution in [-0.4, -0.2) is 92.7 Å². The number of nitrogens with zero attached hydrogens (tertiary/aromatic N) is 5. The number of thiazole rings is 1. The second-order valence-electron chi connectivity index (χ2n) is 9.49. The zero-order valence-electron chi connectivity index (χ0n) is 23.1. The number of benzene rings is 1. The van der Waals surface area contributed by atoms with Gasteiger partial charge in [0.25, 0.3) is 11.8 Å². The first-order valence-corrected chi connectivity index (χ1v) is 15.7. The number of nitrogens with one attached hydrogen (secondary N) is 1. The topological polar surface area (TPSA) is 303 Å². The van der Waals surface area contributed by atoms with Crippen molar-refractivity contribution in [3.8, 4) is 11.5 Å².